The number of piperidine rings is 1. The molecule has 2 bridgehead atoms. The lowest BCUT2D eigenvalue weighted by Gasteiger charge is -2.35. The zero-order valence-corrected chi connectivity index (χ0v) is 12.6. The standard InChI is InChI=1S/C17H28N2O/c1-10-4-3-7-18-16(10)17(20)19-15-9-11-8-14(15)13-6-2-5-12(11)13/h10-16,18H,2-9H2,1H3,(H,19,20). The van der Waals surface area contributed by atoms with Crippen molar-refractivity contribution in [1.82, 2.24) is 10.6 Å². The number of carbonyl (C=O) groups excluding carboxylic acids is 1. The third-order valence-electron chi connectivity index (χ3n) is 6.81. The van der Waals surface area contributed by atoms with Crippen LogP contribution in [0.4, 0.5) is 0 Å². The van der Waals surface area contributed by atoms with Gasteiger partial charge >= 0.3 is 0 Å². The summed E-state index contributed by atoms with van der Waals surface area (Å²) in [6, 6.07) is 0.546. The third kappa shape index (κ3) is 2.01. The number of hydrogen-bond acceptors (Lipinski definition) is 2. The normalized spacial score (nSPS) is 50.1. The number of hydrogen-bond donors (Lipinski definition) is 2. The number of amides is 1. The fraction of sp³-hybridized carbons (Fsp3) is 0.941. The van der Waals surface area contributed by atoms with Crippen LogP contribution < -0.4 is 10.6 Å². The van der Waals surface area contributed by atoms with Crippen LogP contribution >= 0.6 is 0 Å². The van der Waals surface area contributed by atoms with E-state index in [0.29, 0.717) is 12.0 Å². The van der Waals surface area contributed by atoms with Gasteiger partial charge in [-0.05, 0) is 74.7 Å². The number of fused-ring (bicyclic) bond motifs is 5. The van der Waals surface area contributed by atoms with Crippen molar-refractivity contribution in [1.29, 1.82) is 0 Å². The van der Waals surface area contributed by atoms with Crippen molar-refractivity contribution >= 4 is 5.91 Å². The Morgan fingerprint density at radius 1 is 1.05 bits per heavy atom. The van der Waals surface area contributed by atoms with Gasteiger partial charge in [-0.15, -0.1) is 0 Å². The Labute approximate surface area is 122 Å². The first-order chi connectivity index (χ1) is 9.74. The maximum Gasteiger partial charge on any atom is 0.237 e. The Bertz CT molecular complexity index is 396. The molecule has 20 heavy (non-hydrogen) atoms. The predicted octanol–water partition coefficient (Wildman–Crippen LogP) is 2.32. The van der Waals surface area contributed by atoms with Gasteiger partial charge in [-0.2, -0.15) is 0 Å². The Kier molecular flexibility index (Phi) is 3.29. The van der Waals surface area contributed by atoms with Crippen molar-refractivity contribution in [3.8, 4) is 0 Å². The molecule has 2 N–H and O–H groups in total. The van der Waals surface area contributed by atoms with Gasteiger partial charge in [-0.3, -0.25) is 4.79 Å². The zero-order valence-electron chi connectivity index (χ0n) is 12.6. The lowest BCUT2D eigenvalue weighted by Crippen LogP contribution is -2.54. The van der Waals surface area contributed by atoms with Crippen LogP contribution in [0.1, 0.15) is 51.9 Å². The van der Waals surface area contributed by atoms with Crippen molar-refractivity contribution in [3.05, 3.63) is 0 Å². The SMILES string of the molecule is CC1CCCNC1C(=O)NC1CC2CC1C1CCCC21. The van der Waals surface area contributed by atoms with E-state index >= 15 is 0 Å². The zero-order chi connectivity index (χ0) is 13.7. The molecule has 3 heteroatoms. The summed E-state index contributed by atoms with van der Waals surface area (Å²) in [6.07, 6.45) is 9.39. The highest BCUT2D eigenvalue weighted by atomic mass is 16.2. The second-order valence-corrected chi connectivity index (χ2v) is 7.82. The smallest absolute Gasteiger partial charge is 0.237 e. The van der Waals surface area contributed by atoms with Crippen molar-refractivity contribution in [3.63, 3.8) is 0 Å². The molecule has 0 spiro atoms. The van der Waals surface area contributed by atoms with Crippen LogP contribution in [0.2, 0.25) is 0 Å². The number of rotatable bonds is 2. The summed E-state index contributed by atoms with van der Waals surface area (Å²) in [5.74, 6) is 4.45. The van der Waals surface area contributed by atoms with Crippen molar-refractivity contribution in [2.24, 2.45) is 29.6 Å². The predicted molar refractivity (Wildman–Crippen MR) is 79.2 cm³/mol. The van der Waals surface area contributed by atoms with Crippen LogP contribution in [0.3, 0.4) is 0 Å². The Morgan fingerprint density at radius 2 is 1.90 bits per heavy atom. The molecular formula is C17H28N2O. The molecule has 4 aliphatic rings. The van der Waals surface area contributed by atoms with Crippen LogP contribution in [0.25, 0.3) is 0 Å². The van der Waals surface area contributed by atoms with Gasteiger partial charge in [0.1, 0.15) is 0 Å². The molecule has 1 amide bonds. The Hall–Kier alpha value is -0.570. The Morgan fingerprint density at radius 3 is 2.75 bits per heavy atom. The largest absolute Gasteiger partial charge is 0.352 e. The topological polar surface area (TPSA) is 41.1 Å². The highest BCUT2D eigenvalue weighted by Gasteiger charge is 2.54. The summed E-state index contributed by atoms with van der Waals surface area (Å²) in [5, 5.41) is 6.84. The molecule has 1 saturated heterocycles. The highest BCUT2D eigenvalue weighted by molar-refractivity contribution is 5.82. The van der Waals surface area contributed by atoms with E-state index in [2.05, 4.69) is 17.6 Å². The van der Waals surface area contributed by atoms with E-state index < -0.39 is 0 Å². The number of nitrogens with one attached hydrogen (secondary N) is 2. The van der Waals surface area contributed by atoms with Crippen LogP contribution in [0, 0.1) is 29.6 Å². The van der Waals surface area contributed by atoms with Crippen LogP contribution in [-0.2, 0) is 4.79 Å². The molecule has 0 aromatic heterocycles. The van der Waals surface area contributed by atoms with Crippen molar-refractivity contribution in [2.75, 3.05) is 6.54 Å². The Balaban J connectivity index is 1.39. The molecule has 3 saturated carbocycles. The summed E-state index contributed by atoms with van der Waals surface area (Å²) in [7, 11) is 0. The van der Waals surface area contributed by atoms with Gasteiger partial charge in [0.05, 0.1) is 6.04 Å². The first-order valence-corrected chi connectivity index (χ1v) is 8.78. The van der Waals surface area contributed by atoms with Crippen LogP contribution in [-0.4, -0.2) is 24.5 Å². The molecule has 0 aromatic carbocycles. The minimum atomic E-state index is 0.0576. The molecular weight excluding hydrogens is 248 g/mol. The maximum atomic E-state index is 12.6. The van der Waals surface area contributed by atoms with E-state index in [-0.39, 0.29) is 11.9 Å². The summed E-state index contributed by atoms with van der Waals surface area (Å²) in [5.41, 5.74) is 0. The van der Waals surface area contributed by atoms with E-state index in [1.54, 1.807) is 0 Å². The molecule has 7 unspecified atom stereocenters. The lowest BCUT2D eigenvalue weighted by molar-refractivity contribution is -0.126. The summed E-state index contributed by atoms with van der Waals surface area (Å²) >= 11 is 0. The average molecular weight is 276 g/mol. The molecule has 1 aliphatic heterocycles. The van der Waals surface area contributed by atoms with E-state index in [0.717, 1.165) is 30.2 Å². The monoisotopic (exact) mass is 276 g/mol. The molecule has 0 radical (unpaired) electrons. The maximum absolute atomic E-state index is 12.6. The fourth-order valence-electron chi connectivity index (χ4n) is 5.91. The lowest BCUT2D eigenvalue weighted by atomic mass is 9.79. The quantitative estimate of drug-likeness (QED) is 0.812. The van der Waals surface area contributed by atoms with Gasteiger partial charge in [0.25, 0.3) is 0 Å². The molecule has 0 aromatic rings. The number of carbonyl (C=O) groups is 1. The van der Waals surface area contributed by atoms with Gasteiger partial charge < -0.3 is 10.6 Å². The minimum absolute atomic E-state index is 0.0576. The van der Waals surface area contributed by atoms with E-state index in [1.807, 2.05) is 0 Å². The van der Waals surface area contributed by atoms with Crippen molar-refractivity contribution in [2.45, 2.75) is 64.0 Å². The fourth-order valence-corrected chi connectivity index (χ4v) is 5.91. The second-order valence-electron chi connectivity index (χ2n) is 7.82. The second kappa shape index (κ2) is 5.01. The van der Waals surface area contributed by atoms with Gasteiger partial charge in [0.2, 0.25) is 5.91 Å². The molecule has 7 atom stereocenters. The molecule has 4 rings (SSSR count). The van der Waals surface area contributed by atoms with Gasteiger partial charge in [-0.25, -0.2) is 0 Å². The van der Waals surface area contributed by atoms with E-state index in [4.69, 9.17) is 0 Å². The van der Waals surface area contributed by atoms with Gasteiger partial charge in [0, 0.05) is 6.04 Å². The van der Waals surface area contributed by atoms with E-state index in [1.165, 1.54) is 44.9 Å². The highest BCUT2D eigenvalue weighted by Crippen LogP contribution is 2.58. The first kappa shape index (κ1) is 13.1. The van der Waals surface area contributed by atoms with Crippen LogP contribution in [0.15, 0.2) is 0 Å². The minimum Gasteiger partial charge on any atom is -0.352 e. The molecule has 3 aliphatic carbocycles. The third-order valence-corrected chi connectivity index (χ3v) is 6.81. The summed E-state index contributed by atoms with van der Waals surface area (Å²) in [6.45, 7) is 3.22. The first-order valence-electron chi connectivity index (χ1n) is 8.78. The van der Waals surface area contributed by atoms with Crippen LogP contribution in [0.5, 0.6) is 0 Å². The average Bonchev–Trinajstić information content (AvgIpc) is 3.10. The molecule has 112 valence electrons. The molecule has 4 fully saturated rings. The summed E-state index contributed by atoms with van der Waals surface area (Å²) < 4.78 is 0. The van der Waals surface area contributed by atoms with Crippen molar-refractivity contribution < 1.29 is 4.79 Å². The van der Waals surface area contributed by atoms with Gasteiger partial charge in [-0.1, -0.05) is 13.3 Å². The van der Waals surface area contributed by atoms with Gasteiger partial charge in [0.15, 0.2) is 0 Å². The molecule has 3 nitrogen and oxygen atoms in total. The molecule has 1 heterocycles. The summed E-state index contributed by atoms with van der Waals surface area (Å²) in [4.78, 5) is 12.6. The van der Waals surface area contributed by atoms with E-state index in [9.17, 15) is 4.79 Å².